The van der Waals surface area contributed by atoms with Crippen LogP contribution < -0.4 is 0 Å². The van der Waals surface area contributed by atoms with E-state index in [0.29, 0.717) is 0 Å². The molecule has 3 heteroatoms. The van der Waals surface area contributed by atoms with Gasteiger partial charge in [0, 0.05) is 12.3 Å². The standard InChI is InChI=1S/C11H18O3/c1-2-4-10(9-12)5-3-6-11-13-7-8-14-11/h7-11H,2-6H2,1H3. The van der Waals surface area contributed by atoms with E-state index in [1.165, 1.54) is 0 Å². The first-order valence-electron chi connectivity index (χ1n) is 5.28. The van der Waals surface area contributed by atoms with Crippen LogP contribution in [0.1, 0.15) is 39.0 Å². The van der Waals surface area contributed by atoms with Crippen LogP contribution in [0.5, 0.6) is 0 Å². The largest absolute Gasteiger partial charge is 0.459 e. The van der Waals surface area contributed by atoms with Crippen LogP contribution in [-0.4, -0.2) is 12.6 Å². The summed E-state index contributed by atoms with van der Waals surface area (Å²) in [6.07, 6.45) is 8.93. The summed E-state index contributed by atoms with van der Waals surface area (Å²) in [4.78, 5) is 10.6. The second-order valence-electron chi connectivity index (χ2n) is 3.59. The van der Waals surface area contributed by atoms with E-state index in [-0.39, 0.29) is 12.2 Å². The Kier molecular flexibility index (Phi) is 5.12. The maximum atomic E-state index is 10.6. The number of rotatable bonds is 7. The molecule has 0 aliphatic carbocycles. The molecule has 1 atom stereocenters. The number of carbonyl (C=O) groups is 1. The summed E-state index contributed by atoms with van der Waals surface area (Å²) in [7, 11) is 0. The van der Waals surface area contributed by atoms with Crippen LogP contribution in [0.25, 0.3) is 0 Å². The van der Waals surface area contributed by atoms with Crippen LogP contribution in [0.15, 0.2) is 12.5 Å². The SMILES string of the molecule is CCCC(C=O)CCCC1OC=CO1. The van der Waals surface area contributed by atoms with Gasteiger partial charge in [0.25, 0.3) is 0 Å². The lowest BCUT2D eigenvalue weighted by Gasteiger charge is -2.11. The van der Waals surface area contributed by atoms with Gasteiger partial charge in [0.1, 0.15) is 18.8 Å². The first kappa shape index (κ1) is 11.1. The molecule has 80 valence electrons. The zero-order valence-electron chi connectivity index (χ0n) is 8.65. The number of hydrogen-bond donors (Lipinski definition) is 0. The molecular formula is C11H18O3. The Morgan fingerprint density at radius 2 is 2.07 bits per heavy atom. The van der Waals surface area contributed by atoms with E-state index in [0.717, 1.165) is 38.4 Å². The van der Waals surface area contributed by atoms with Gasteiger partial charge in [-0.25, -0.2) is 0 Å². The Morgan fingerprint density at radius 3 is 2.64 bits per heavy atom. The third-order valence-electron chi connectivity index (χ3n) is 2.38. The van der Waals surface area contributed by atoms with Crippen molar-refractivity contribution in [2.24, 2.45) is 5.92 Å². The molecule has 14 heavy (non-hydrogen) atoms. The molecule has 0 N–H and O–H groups in total. The summed E-state index contributed by atoms with van der Waals surface area (Å²) >= 11 is 0. The molecule has 0 aromatic carbocycles. The quantitative estimate of drug-likeness (QED) is 0.590. The van der Waals surface area contributed by atoms with Crippen molar-refractivity contribution < 1.29 is 14.3 Å². The van der Waals surface area contributed by atoms with Crippen molar-refractivity contribution >= 4 is 6.29 Å². The van der Waals surface area contributed by atoms with Crippen molar-refractivity contribution in [3.05, 3.63) is 12.5 Å². The van der Waals surface area contributed by atoms with Crippen LogP contribution in [0, 0.1) is 5.92 Å². The molecule has 1 unspecified atom stereocenters. The van der Waals surface area contributed by atoms with Gasteiger partial charge in [0.05, 0.1) is 0 Å². The number of carbonyl (C=O) groups excluding carboxylic acids is 1. The van der Waals surface area contributed by atoms with E-state index >= 15 is 0 Å². The van der Waals surface area contributed by atoms with Crippen molar-refractivity contribution in [2.45, 2.75) is 45.3 Å². The summed E-state index contributed by atoms with van der Waals surface area (Å²) < 4.78 is 10.3. The third-order valence-corrected chi connectivity index (χ3v) is 2.38. The van der Waals surface area contributed by atoms with Gasteiger partial charge in [-0.05, 0) is 19.3 Å². The highest BCUT2D eigenvalue weighted by Crippen LogP contribution is 2.17. The van der Waals surface area contributed by atoms with Crippen LogP contribution in [0.3, 0.4) is 0 Å². The Hall–Kier alpha value is -0.990. The van der Waals surface area contributed by atoms with E-state index < -0.39 is 0 Å². The molecule has 0 aromatic rings. The first-order valence-corrected chi connectivity index (χ1v) is 5.28. The van der Waals surface area contributed by atoms with Crippen molar-refractivity contribution in [1.82, 2.24) is 0 Å². The second kappa shape index (κ2) is 6.46. The lowest BCUT2D eigenvalue weighted by Crippen LogP contribution is -2.09. The molecule has 0 bridgehead atoms. The smallest absolute Gasteiger partial charge is 0.239 e. The van der Waals surface area contributed by atoms with Gasteiger partial charge in [-0.1, -0.05) is 13.3 Å². The molecule has 0 saturated heterocycles. The van der Waals surface area contributed by atoms with Crippen molar-refractivity contribution in [2.75, 3.05) is 0 Å². The molecule has 0 spiro atoms. The molecule has 0 radical (unpaired) electrons. The number of ether oxygens (including phenoxy) is 2. The maximum Gasteiger partial charge on any atom is 0.239 e. The van der Waals surface area contributed by atoms with Gasteiger partial charge in [0.2, 0.25) is 6.29 Å². The molecular weight excluding hydrogens is 180 g/mol. The zero-order chi connectivity index (χ0) is 10.2. The highest BCUT2D eigenvalue weighted by atomic mass is 16.7. The summed E-state index contributed by atoms with van der Waals surface area (Å²) in [5.74, 6) is 0.217. The second-order valence-corrected chi connectivity index (χ2v) is 3.59. The Bertz CT molecular complexity index is 181. The van der Waals surface area contributed by atoms with Crippen LogP contribution >= 0.6 is 0 Å². The fourth-order valence-corrected chi connectivity index (χ4v) is 1.61. The predicted molar refractivity (Wildman–Crippen MR) is 53.4 cm³/mol. The summed E-state index contributed by atoms with van der Waals surface area (Å²) in [6, 6.07) is 0. The first-order chi connectivity index (χ1) is 6.86. The fourth-order valence-electron chi connectivity index (χ4n) is 1.61. The molecule has 0 amide bonds. The molecule has 1 aliphatic rings. The minimum atomic E-state index is -0.121. The molecule has 0 fully saturated rings. The van der Waals surface area contributed by atoms with Crippen molar-refractivity contribution in [3.8, 4) is 0 Å². The summed E-state index contributed by atoms with van der Waals surface area (Å²) in [5, 5.41) is 0. The highest BCUT2D eigenvalue weighted by Gasteiger charge is 2.13. The number of aldehydes is 1. The van der Waals surface area contributed by atoms with Gasteiger partial charge in [-0.15, -0.1) is 0 Å². The van der Waals surface area contributed by atoms with E-state index in [1.807, 2.05) is 0 Å². The topological polar surface area (TPSA) is 35.5 Å². The lowest BCUT2D eigenvalue weighted by atomic mass is 9.99. The molecule has 1 rings (SSSR count). The average molecular weight is 198 g/mol. The molecule has 0 aromatic heterocycles. The number of hydrogen-bond acceptors (Lipinski definition) is 3. The Morgan fingerprint density at radius 1 is 1.36 bits per heavy atom. The minimum absolute atomic E-state index is 0.121. The van der Waals surface area contributed by atoms with Crippen LogP contribution in [0.2, 0.25) is 0 Å². The Labute approximate surface area is 85.1 Å². The maximum absolute atomic E-state index is 10.6. The van der Waals surface area contributed by atoms with Crippen LogP contribution in [0.4, 0.5) is 0 Å². The van der Waals surface area contributed by atoms with Gasteiger partial charge in [0.15, 0.2) is 0 Å². The van der Waals surface area contributed by atoms with Crippen molar-refractivity contribution in [1.29, 1.82) is 0 Å². The van der Waals surface area contributed by atoms with Gasteiger partial charge in [-0.2, -0.15) is 0 Å². The summed E-state index contributed by atoms with van der Waals surface area (Å²) in [6.45, 7) is 2.10. The molecule has 1 aliphatic heterocycles. The average Bonchev–Trinajstić information content (AvgIpc) is 2.69. The fraction of sp³-hybridized carbons (Fsp3) is 0.727. The molecule has 0 saturated carbocycles. The molecule has 3 nitrogen and oxygen atoms in total. The van der Waals surface area contributed by atoms with E-state index in [4.69, 9.17) is 9.47 Å². The van der Waals surface area contributed by atoms with E-state index in [9.17, 15) is 4.79 Å². The monoisotopic (exact) mass is 198 g/mol. The zero-order valence-corrected chi connectivity index (χ0v) is 8.65. The van der Waals surface area contributed by atoms with Crippen molar-refractivity contribution in [3.63, 3.8) is 0 Å². The van der Waals surface area contributed by atoms with Gasteiger partial charge in [-0.3, -0.25) is 0 Å². The predicted octanol–water partition coefficient (Wildman–Crippen LogP) is 2.62. The third kappa shape index (κ3) is 3.81. The normalized spacial score (nSPS) is 17.5. The van der Waals surface area contributed by atoms with Crippen LogP contribution in [-0.2, 0) is 14.3 Å². The van der Waals surface area contributed by atoms with E-state index in [1.54, 1.807) is 12.5 Å². The van der Waals surface area contributed by atoms with Gasteiger partial charge >= 0.3 is 0 Å². The van der Waals surface area contributed by atoms with Gasteiger partial charge < -0.3 is 14.3 Å². The lowest BCUT2D eigenvalue weighted by molar-refractivity contribution is -0.111. The minimum Gasteiger partial charge on any atom is -0.459 e. The molecule has 1 heterocycles. The van der Waals surface area contributed by atoms with E-state index in [2.05, 4.69) is 6.92 Å². The summed E-state index contributed by atoms with van der Waals surface area (Å²) in [5.41, 5.74) is 0. The highest BCUT2D eigenvalue weighted by molar-refractivity contribution is 5.53. The Balaban J connectivity index is 2.03.